The van der Waals surface area contributed by atoms with E-state index >= 15 is 0 Å². The van der Waals surface area contributed by atoms with E-state index in [1.807, 2.05) is 12.1 Å². The predicted molar refractivity (Wildman–Crippen MR) is 77.2 cm³/mol. The fourth-order valence-electron chi connectivity index (χ4n) is 2.08. The lowest BCUT2D eigenvalue weighted by molar-refractivity contribution is 0.483. The summed E-state index contributed by atoms with van der Waals surface area (Å²) in [6.45, 7) is 6.92. The molecule has 0 saturated carbocycles. The molecule has 1 N–H and O–H groups in total. The van der Waals surface area contributed by atoms with Crippen LogP contribution in [0.15, 0.2) is 29.2 Å². The van der Waals surface area contributed by atoms with E-state index in [2.05, 4.69) is 20.0 Å². The molecule has 5 heteroatoms. The molecule has 0 bridgehead atoms. The molecular weight excluding hydrogens is 264 g/mol. The Morgan fingerprint density at radius 3 is 2.17 bits per heavy atom. The lowest BCUT2D eigenvalue weighted by Gasteiger charge is -2.22. The molecule has 1 rings (SSSR count). The van der Waals surface area contributed by atoms with Crippen molar-refractivity contribution in [1.82, 2.24) is 0 Å². The zero-order valence-electron chi connectivity index (χ0n) is 11.3. The molecule has 0 radical (unpaired) electrons. The summed E-state index contributed by atoms with van der Waals surface area (Å²) in [6.07, 6.45) is 2.49. The van der Waals surface area contributed by atoms with Crippen molar-refractivity contribution < 1.29 is 13.0 Å². The van der Waals surface area contributed by atoms with Gasteiger partial charge in [-0.25, -0.2) is 0 Å². The fraction of sp³-hybridized carbons (Fsp3) is 0.538. The zero-order valence-corrected chi connectivity index (χ0v) is 13.1. The zero-order chi connectivity index (χ0) is 13.8. The predicted octanol–water partition coefficient (Wildman–Crippen LogP) is 3.52. The molecule has 0 aliphatic carbocycles. The average molecular weight is 286 g/mol. The van der Waals surface area contributed by atoms with Gasteiger partial charge >= 0.3 is 0 Å². The monoisotopic (exact) mass is 286 g/mol. The molecule has 0 atom stereocenters. The molecule has 0 aliphatic rings. The fourth-order valence-corrected chi connectivity index (χ4v) is 5.38. The molecule has 0 aromatic heterocycles. The maximum Gasteiger partial charge on any atom is 0.294 e. The lowest BCUT2D eigenvalue weighted by Crippen LogP contribution is -2.28. The molecule has 0 spiro atoms. The van der Waals surface area contributed by atoms with Crippen molar-refractivity contribution in [3.63, 3.8) is 0 Å². The number of rotatable bonds is 6. The molecule has 1 aromatic rings. The van der Waals surface area contributed by atoms with Crippen LogP contribution in [0.1, 0.15) is 25.3 Å². The van der Waals surface area contributed by atoms with E-state index in [9.17, 15) is 8.42 Å². The van der Waals surface area contributed by atoms with E-state index in [1.54, 1.807) is 0 Å². The first kappa shape index (κ1) is 15.4. The Hall–Kier alpha value is -0.653. The molecule has 0 heterocycles. The molecule has 18 heavy (non-hydrogen) atoms. The van der Waals surface area contributed by atoms with Gasteiger partial charge in [0.2, 0.25) is 0 Å². The standard InChI is InChI=1S/C13H22O3SSi/c1-4-5-10-18(2,3)11-12-6-8-13(9-7-12)17(14,15)16/h6-9H,4-5,10-11H2,1-3H3,(H,14,15,16). The third kappa shape index (κ3) is 4.92. The molecule has 0 saturated heterocycles. The third-order valence-electron chi connectivity index (χ3n) is 3.11. The van der Waals surface area contributed by atoms with Crippen LogP contribution in [-0.4, -0.2) is 21.0 Å². The van der Waals surface area contributed by atoms with Gasteiger partial charge < -0.3 is 0 Å². The maximum absolute atomic E-state index is 10.9. The number of unbranched alkanes of at least 4 members (excludes halogenated alkanes) is 1. The summed E-state index contributed by atoms with van der Waals surface area (Å²) < 4.78 is 30.8. The van der Waals surface area contributed by atoms with Gasteiger partial charge in [0, 0.05) is 0 Å². The van der Waals surface area contributed by atoms with E-state index in [0.717, 1.165) is 11.6 Å². The van der Waals surface area contributed by atoms with Gasteiger partial charge in [0.1, 0.15) is 0 Å². The van der Waals surface area contributed by atoms with E-state index < -0.39 is 18.2 Å². The first-order valence-electron chi connectivity index (χ1n) is 6.31. The van der Waals surface area contributed by atoms with Crippen molar-refractivity contribution in [3.8, 4) is 0 Å². The highest BCUT2D eigenvalue weighted by molar-refractivity contribution is 7.85. The van der Waals surface area contributed by atoms with Crippen LogP contribution in [-0.2, 0) is 16.2 Å². The summed E-state index contributed by atoms with van der Waals surface area (Å²) in [6, 6.07) is 8.93. The van der Waals surface area contributed by atoms with Crippen molar-refractivity contribution in [3.05, 3.63) is 29.8 Å². The summed E-state index contributed by atoms with van der Waals surface area (Å²) in [4.78, 5) is -0.0284. The van der Waals surface area contributed by atoms with Crippen molar-refractivity contribution >= 4 is 18.2 Å². The first-order chi connectivity index (χ1) is 8.24. The Morgan fingerprint density at radius 2 is 1.72 bits per heavy atom. The van der Waals surface area contributed by atoms with Crippen molar-refractivity contribution in [2.45, 2.75) is 49.8 Å². The van der Waals surface area contributed by atoms with Crippen LogP contribution in [0, 0.1) is 0 Å². The van der Waals surface area contributed by atoms with E-state index in [4.69, 9.17) is 4.55 Å². The first-order valence-corrected chi connectivity index (χ1v) is 11.2. The molecule has 1 aromatic carbocycles. The van der Waals surface area contributed by atoms with Gasteiger partial charge in [-0.3, -0.25) is 4.55 Å². The largest absolute Gasteiger partial charge is 0.294 e. The molecule has 0 aliphatic heterocycles. The number of benzene rings is 1. The summed E-state index contributed by atoms with van der Waals surface area (Å²) in [5, 5.41) is 0. The quantitative estimate of drug-likeness (QED) is 0.643. The molecular formula is C13H22O3SSi. The highest BCUT2D eigenvalue weighted by Crippen LogP contribution is 2.20. The van der Waals surface area contributed by atoms with E-state index in [-0.39, 0.29) is 4.90 Å². The second-order valence-electron chi connectivity index (χ2n) is 5.56. The Labute approximate surface area is 111 Å². The summed E-state index contributed by atoms with van der Waals surface area (Å²) in [5.41, 5.74) is 1.16. The van der Waals surface area contributed by atoms with Gasteiger partial charge in [0.25, 0.3) is 10.1 Å². The van der Waals surface area contributed by atoms with Crippen LogP contribution in [0.25, 0.3) is 0 Å². The normalized spacial score (nSPS) is 12.7. The van der Waals surface area contributed by atoms with Crippen LogP contribution >= 0.6 is 0 Å². The average Bonchev–Trinajstić information content (AvgIpc) is 2.25. The van der Waals surface area contributed by atoms with Gasteiger partial charge in [0.15, 0.2) is 0 Å². The van der Waals surface area contributed by atoms with Gasteiger partial charge in [-0.05, 0) is 18.2 Å². The minimum atomic E-state index is -4.07. The molecule has 0 unspecified atom stereocenters. The number of hydrogen-bond donors (Lipinski definition) is 1. The third-order valence-corrected chi connectivity index (χ3v) is 7.05. The van der Waals surface area contributed by atoms with E-state index in [1.165, 1.54) is 31.0 Å². The summed E-state index contributed by atoms with van der Waals surface area (Å²) in [7, 11) is -5.31. The molecule has 0 fully saturated rings. The van der Waals surface area contributed by atoms with Crippen LogP contribution in [0.4, 0.5) is 0 Å². The number of hydrogen-bond acceptors (Lipinski definition) is 2. The summed E-state index contributed by atoms with van der Waals surface area (Å²) in [5.74, 6) is 0. The minimum absolute atomic E-state index is 0.0284. The second kappa shape index (κ2) is 5.99. The SMILES string of the molecule is CCCC[Si](C)(C)Cc1ccc(S(=O)(=O)O)cc1. The highest BCUT2D eigenvalue weighted by atomic mass is 32.2. The van der Waals surface area contributed by atoms with Gasteiger partial charge in [0.05, 0.1) is 13.0 Å². The Kier molecular flexibility index (Phi) is 5.13. The maximum atomic E-state index is 10.9. The van der Waals surface area contributed by atoms with Gasteiger partial charge in [-0.1, -0.05) is 56.6 Å². The highest BCUT2D eigenvalue weighted by Gasteiger charge is 2.20. The van der Waals surface area contributed by atoms with Crippen LogP contribution < -0.4 is 0 Å². The topological polar surface area (TPSA) is 54.4 Å². The molecule has 102 valence electrons. The Balaban J connectivity index is 2.75. The second-order valence-corrected chi connectivity index (χ2v) is 12.2. The minimum Gasteiger partial charge on any atom is -0.282 e. The van der Waals surface area contributed by atoms with E-state index in [0.29, 0.717) is 0 Å². The van der Waals surface area contributed by atoms with Crippen LogP contribution in [0.5, 0.6) is 0 Å². The Morgan fingerprint density at radius 1 is 1.17 bits per heavy atom. The van der Waals surface area contributed by atoms with Crippen molar-refractivity contribution in [1.29, 1.82) is 0 Å². The Bertz CT molecular complexity index is 477. The molecule has 0 amide bonds. The van der Waals surface area contributed by atoms with Gasteiger partial charge in [-0.15, -0.1) is 0 Å². The lowest BCUT2D eigenvalue weighted by atomic mass is 10.2. The molecule has 3 nitrogen and oxygen atoms in total. The smallest absolute Gasteiger partial charge is 0.282 e. The van der Waals surface area contributed by atoms with Crippen molar-refractivity contribution in [2.24, 2.45) is 0 Å². The van der Waals surface area contributed by atoms with Crippen LogP contribution in [0.3, 0.4) is 0 Å². The summed E-state index contributed by atoms with van der Waals surface area (Å²) >= 11 is 0. The van der Waals surface area contributed by atoms with Crippen LogP contribution in [0.2, 0.25) is 19.1 Å². The van der Waals surface area contributed by atoms with Gasteiger partial charge in [-0.2, -0.15) is 8.42 Å². The van der Waals surface area contributed by atoms with Crippen molar-refractivity contribution in [2.75, 3.05) is 0 Å².